The van der Waals surface area contributed by atoms with Crippen LogP contribution in [0.5, 0.6) is 0 Å². The van der Waals surface area contributed by atoms with Gasteiger partial charge >= 0.3 is 0 Å². The number of pyridine rings is 1. The third-order valence-electron chi connectivity index (χ3n) is 3.67. The number of anilines is 1. The van der Waals surface area contributed by atoms with Gasteiger partial charge in [-0.25, -0.2) is 0 Å². The molecule has 0 atom stereocenters. The van der Waals surface area contributed by atoms with Gasteiger partial charge in [-0.15, -0.1) is 5.10 Å². The van der Waals surface area contributed by atoms with Crippen molar-refractivity contribution in [3.63, 3.8) is 0 Å². The predicted molar refractivity (Wildman–Crippen MR) is 108 cm³/mol. The van der Waals surface area contributed by atoms with E-state index in [0.29, 0.717) is 5.56 Å². The third-order valence-corrected chi connectivity index (χ3v) is 5.32. The van der Waals surface area contributed by atoms with E-state index in [9.17, 15) is 4.79 Å². The lowest BCUT2D eigenvalue weighted by molar-refractivity contribution is 0.102. The summed E-state index contributed by atoms with van der Waals surface area (Å²) in [5.41, 5.74) is 3.87. The van der Waals surface area contributed by atoms with Gasteiger partial charge in [0, 0.05) is 26.6 Å². The standard InChI is InChI=1S/C18H11IN4OS/c19-14-6-5-12(10-13(14)15-3-1-2-8-20-15)21-18(24)11-4-7-17-16(9-11)22-23-25-17/h1-10H,(H,21,24). The summed E-state index contributed by atoms with van der Waals surface area (Å²) in [5, 5.41) is 6.95. The van der Waals surface area contributed by atoms with Gasteiger partial charge < -0.3 is 5.32 Å². The van der Waals surface area contributed by atoms with E-state index in [2.05, 4.69) is 42.5 Å². The third kappa shape index (κ3) is 3.38. The highest BCUT2D eigenvalue weighted by atomic mass is 127. The van der Waals surface area contributed by atoms with Crippen molar-refractivity contribution in [2.24, 2.45) is 0 Å². The van der Waals surface area contributed by atoms with Crippen LogP contribution in [0.25, 0.3) is 21.5 Å². The maximum atomic E-state index is 12.5. The van der Waals surface area contributed by atoms with Gasteiger partial charge in [0.05, 0.1) is 10.4 Å². The van der Waals surface area contributed by atoms with E-state index >= 15 is 0 Å². The number of hydrogen-bond donors (Lipinski definition) is 1. The largest absolute Gasteiger partial charge is 0.322 e. The minimum absolute atomic E-state index is 0.178. The number of nitrogens with zero attached hydrogens (tertiary/aromatic N) is 3. The second kappa shape index (κ2) is 6.85. The highest BCUT2D eigenvalue weighted by molar-refractivity contribution is 14.1. The molecule has 0 spiro atoms. The second-order valence-corrected chi connectivity index (χ2v) is 7.27. The molecule has 4 aromatic rings. The average Bonchev–Trinajstić information content (AvgIpc) is 3.11. The maximum Gasteiger partial charge on any atom is 0.255 e. The average molecular weight is 458 g/mol. The number of fused-ring (bicyclic) bond motifs is 1. The van der Waals surface area contributed by atoms with E-state index < -0.39 is 0 Å². The summed E-state index contributed by atoms with van der Waals surface area (Å²) < 4.78 is 5.93. The van der Waals surface area contributed by atoms with Crippen LogP contribution in [-0.2, 0) is 0 Å². The van der Waals surface area contributed by atoms with Gasteiger partial charge in [-0.3, -0.25) is 9.78 Å². The number of amides is 1. The normalized spacial score (nSPS) is 10.8. The number of carbonyl (C=O) groups is 1. The van der Waals surface area contributed by atoms with Crippen LogP contribution in [0.3, 0.4) is 0 Å². The Hall–Kier alpha value is -2.39. The van der Waals surface area contributed by atoms with Crippen molar-refractivity contribution in [3.8, 4) is 11.3 Å². The second-order valence-electron chi connectivity index (χ2n) is 5.32. The molecule has 25 heavy (non-hydrogen) atoms. The molecule has 2 heterocycles. The smallest absolute Gasteiger partial charge is 0.255 e. The number of aromatic nitrogens is 3. The fraction of sp³-hybridized carbons (Fsp3) is 0. The van der Waals surface area contributed by atoms with Crippen molar-refractivity contribution >= 4 is 55.9 Å². The van der Waals surface area contributed by atoms with E-state index in [1.807, 2.05) is 42.5 Å². The monoisotopic (exact) mass is 458 g/mol. The molecule has 122 valence electrons. The van der Waals surface area contributed by atoms with Crippen molar-refractivity contribution in [2.45, 2.75) is 0 Å². The molecule has 0 unspecified atom stereocenters. The summed E-state index contributed by atoms with van der Waals surface area (Å²) in [5.74, 6) is -0.178. The van der Waals surface area contributed by atoms with Gasteiger partial charge in [0.1, 0.15) is 5.52 Å². The maximum absolute atomic E-state index is 12.5. The number of benzene rings is 2. The number of rotatable bonds is 3. The van der Waals surface area contributed by atoms with E-state index in [4.69, 9.17) is 0 Å². The lowest BCUT2D eigenvalue weighted by Gasteiger charge is -2.09. The molecule has 1 N–H and O–H groups in total. The molecule has 0 aliphatic rings. The summed E-state index contributed by atoms with van der Waals surface area (Å²) in [6, 6.07) is 17.0. The van der Waals surface area contributed by atoms with E-state index in [1.165, 1.54) is 11.5 Å². The molecule has 1 amide bonds. The van der Waals surface area contributed by atoms with Gasteiger partial charge in [0.25, 0.3) is 5.91 Å². The molecule has 0 radical (unpaired) electrons. The van der Waals surface area contributed by atoms with E-state index in [1.54, 1.807) is 18.3 Å². The molecule has 0 aliphatic heterocycles. The van der Waals surface area contributed by atoms with Crippen molar-refractivity contribution in [2.75, 3.05) is 5.32 Å². The van der Waals surface area contributed by atoms with Crippen LogP contribution < -0.4 is 5.32 Å². The van der Waals surface area contributed by atoms with Gasteiger partial charge in [-0.05, 0) is 82.7 Å². The first-order valence-corrected chi connectivity index (χ1v) is 9.30. The van der Waals surface area contributed by atoms with Crippen LogP contribution in [0.2, 0.25) is 0 Å². The van der Waals surface area contributed by atoms with Gasteiger partial charge in [0.2, 0.25) is 0 Å². The molecular formula is C18H11IN4OS. The lowest BCUT2D eigenvalue weighted by Crippen LogP contribution is -2.12. The highest BCUT2D eigenvalue weighted by Gasteiger charge is 2.11. The quantitative estimate of drug-likeness (QED) is 0.456. The first-order chi connectivity index (χ1) is 12.2. The summed E-state index contributed by atoms with van der Waals surface area (Å²) in [6.45, 7) is 0. The number of halogens is 1. The van der Waals surface area contributed by atoms with Crippen LogP contribution in [0.4, 0.5) is 5.69 Å². The lowest BCUT2D eigenvalue weighted by atomic mass is 10.1. The fourth-order valence-electron chi connectivity index (χ4n) is 2.45. The molecule has 5 nitrogen and oxygen atoms in total. The van der Waals surface area contributed by atoms with Crippen LogP contribution in [-0.4, -0.2) is 20.5 Å². The SMILES string of the molecule is O=C(Nc1ccc(I)c(-c2ccccn2)c1)c1ccc2snnc2c1. The topological polar surface area (TPSA) is 67.8 Å². The summed E-state index contributed by atoms with van der Waals surface area (Å²) >= 11 is 3.58. The molecule has 7 heteroatoms. The summed E-state index contributed by atoms with van der Waals surface area (Å²) in [7, 11) is 0. The molecule has 2 aromatic carbocycles. The molecule has 2 aromatic heterocycles. The first-order valence-electron chi connectivity index (χ1n) is 7.45. The summed E-state index contributed by atoms with van der Waals surface area (Å²) in [4.78, 5) is 16.9. The van der Waals surface area contributed by atoms with Crippen LogP contribution in [0.1, 0.15) is 10.4 Å². The van der Waals surface area contributed by atoms with Crippen molar-refractivity contribution in [1.82, 2.24) is 14.6 Å². The molecule has 0 saturated carbocycles. The Bertz CT molecular complexity index is 1070. The Kier molecular flexibility index (Phi) is 4.41. The van der Waals surface area contributed by atoms with E-state index in [0.717, 1.165) is 30.7 Å². The molecule has 0 bridgehead atoms. The van der Waals surface area contributed by atoms with Gasteiger partial charge in [0.15, 0.2) is 0 Å². The Morgan fingerprint density at radius 3 is 2.84 bits per heavy atom. The zero-order valence-electron chi connectivity index (χ0n) is 12.8. The fourth-order valence-corrected chi connectivity index (χ4v) is 3.60. The Balaban J connectivity index is 1.63. The number of carbonyl (C=O) groups excluding carboxylic acids is 1. The van der Waals surface area contributed by atoms with Crippen molar-refractivity contribution in [3.05, 3.63) is 69.9 Å². The molecule has 0 aliphatic carbocycles. The number of nitrogens with one attached hydrogen (secondary N) is 1. The highest BCUT2D eigenvalue weighted by Crippen LogP contribution is 2.27. The van der Waals surface area contributed by atoms with Crippen molar-refractivity contribution < 1.29 is 4.79 Å². The molecule has 4 rings (SSSR count). The molecular weight excluding hydrogens is 447 g/mol. The Morgan fingerprint density at radius 2 is 2.00 bits per heavy atom. The zero-order chi connectivity index (χ0) is 17.2. The first kappa shape index (κ1) is 16.1. The van der Waals surface area contributed by atoms with Crippen molar-refractivity contribution in [1.29, 1.82) is 0 Å². The predicted octanol–water partition coefficient (Wildman–Crippen LogP) is 4.61. The van der Waals surface area contributed by atoms with Crippen LogP contribution >= 0.6 is 34.1 Å². The van der Waals surface area contributed by atoms with E-state index in [-0.39, 0.29) is 5.91 Å². The van der Waals surface area contributed by atoms with Crippen LogP contribution in [0, 0.1) is 3.57 Å². The minimum atomic E-state index is -0.178. The minimum Gasteiger partial charge on any atom is -0.322 e. The summed E-state index contributed by atoms with van der Waals surface area (Å²) in [6.07, 6.45) is 1.76. The molecule has 0 saturated heterocycles. The van der Waals surface area contributed by atoms with Gasteiger partial charge in [-0.2, -0.15) is 0 Å². The zero-order valence-corrected chi connectivity index (χ0v) is 15.8. The Morgan fingerprint density at radius 1 is 1.08 bits per heavy atom. The number of hydrogen-bond acceptors (Lipinski definition) is 5. The van der Waals surface area contributed by atoms with Crippen LogP contribution in [0.15, 0.2) is 60.8 Å². The molecule has 0 fully saturated rings. The Labute approximate surface area is 161 Å². The van der Waals surface area contributed by atoms with Gasteiger partial charge in [-0.1, -0.05) is 10.6 Å².